The van der Waals surface area contributed by atoms with Gasteiger partial charge in [0.2, 0.25) is 0 Å². The summed E-state index contributed by atoms with van der Waals surface area (Å²) in [4.78, 5) is 4.70. The van der Waals surface area contributed by atoms with Crippen LogP contribution in [0.4, 0.5) is 34.1 Å². The maximum atomic E-state index is 2.35. The molecule has 0 N–H and O–H groups in total. The highest BCUT2D eigenvalue weighted by Crippen LogP contribution is 2.39. The third-order valence-corrected chi connectivity index (χ3v) is 10.7. The molecule has 0 amide bonds. The predicted molar refractivity (Wildman–Crippen MR) is 246 cm³/mol. The molecule has 6 aromatic carbocycles. The molecule has 0 atom stereocenters. The second-order valence-electron chi connectivity index (χ2n) is 19.4. The largest absolute Gasteiger partial charge is 0.311 e. The van der Waals surface area contributed by atoms with Crippen LogP contribution in [-0.4, -0.2) is 0 Å². The van der Waals surface area contributed by atoms with E-state index in [2.05, 4.69) is 251 Å². The van der Waals surface area contributed by atoms with Crippen LogP contribution in [0, 0.1) is 0 Å². The summed E-state index contributed by atoms with van der Waals surface area (Å²) in [5.41, 5.74) is 14.9. The topological polar surface area (TPSA) is 6.48 Å². The van der Waals surface area contributed by atoms with E-state index < -0.39 is 0 Å². The number of benzene rings is 6. The monoisotopic (exact) mass is 738 g/mol. The van der Waals surface area contributed by atoms with E-state index in [1.54, 1.807) is 0 Å². The average molecular weight is 739 g/mol. The van der Waals surface area contributed by atoms with Crippen LogP contribution in [0.25, 0.3) is 12.2 Å². The molecule has 288 valence electrons. The first-order valence-electron chi connectivity index (χ1n) is 20.2. The normalized spacial score (nSPS) is 12.6. The van der Waals surface area contributed by atoms with Crippen molar-refractivity contribution in [3.8, 4) is 0 Å². The standard InChI is InChI=1S/C54H62N2/c1-51(2,3)41-19-31-47(32-20-41)55(48-33-21-42(22-34-48)52(4,5)6)45-27-15-39(16-28-45)13-14-40-17-29-46(30-18-40)56(49-35-23-43(24-36-49)53(7,8)9)50-37-25-44(26-38-50)54(10,11)12/h13-38H,1-12H3/b14-13+. The molecule has 56 heavy (non-hydrogen) atoms. The average Bonchev–Trinajstić information content (AvgIpc) is 3.15. The number of anilines is 6. The van der Waals surface area contributed by atoms with Gasteiger partial charge in [0.15, 0.2) is 0 Å². The van der Waals surface area contributed by atoms with Gasteiger partial charge in [0, 0.05) is 34.1 Å². The number of hydrogen-bond donors (Lipinski definition) is 0. The summed E-state index contributed by atoms with van der Waals surface area (Å²) in [6.45, 7) is 27.2. The Hall–Kier alpha value is -5.34. The molecule has 6 rings (SSSR count). The lowest BCUT2D eigenvalue weighted by molar-refractivity contribution is 0.590. The summed E-state index contributed by atoms with van der Waals surface area (Å²) < 4.78 is 0. The van der Waals surface area contributed by atoms with Crippen molar-refractivity contribution < 1.29 is 0 Å². The Morgan fingerprint density at radius 1 is 0.250 bits per heavy atom. The molecule has 0 saturated carbocycles. The van der Waals surface area contributed by atoms with E-state index in [4.69, 9.17) is 0 Å². The van der Waals surface area contributed by atoms with E-state index >= 15 is 0 Å². The van der Waals surface area contributed by atoms with Crippen LogP contribution in [-0.2, 0) is 21.7 Å². The van der Waals surface area contributed by atoms with Crippen LogP contribution in [0.1, 0.15) is 116 Å². The molecule has 0 radical (unpaired) electrons. The highest BCUT2D eigenvalue weighted by molar-refractivity contribution is 5.80. The molecule has 0 aromatic heterocycles. The van der Waals surface area contributed by atoms with Crippen molar-refractivity contribution in [2.75, 3.05) is 9.80 Å². The van der Waals surface area contributed by atoms with Crippen LogP contribution in [0.15, 0.2) is 146 Å². The Bertz CT molecular complexity index is 1930. The Kier molecular flexibility index (Phi) is 11.3. The fourth-order valence-corrected chi connectivity index (χ4v) is 7.00. The van der Waals surface area contributed by atoms with Gasteiger partial charge >= 0.3 is 0 Å². The highest BCUT2D eigenvalue weighted by Gasteiger charge is 2.20. The van der Waals surface area contributed by atoms with Gasteiger partial charge in [-0.15, -0.1) is 0 Å². The lowest BCUT2D eigenvalue weighted by atomic mass is 9.86. The molecule has 0 spiro atoms. The third-order valence-electron chi connectivity index (χ3n) is 10.7. The summed E-state index contributed by atoms with van der Waals surface area (Å²) in [5, 5.41) is 0. The van der Waals surface area contributed by atoms with E-state index in [9.17, 15) is 0 Å². The fraction of sp³-hybridized carbons (Fsp3) is 0.296. The van der Waals surface area contributed by atoms with Gasteiger partial charge in [-0.1, -0.05) is 168 Å². The van der Waals surface area contributed by atoms with Crippen molar-refractivity contribution in [3.05, 3.63) is 179 Å². The minimum atomic E-state index is 0.0993. The maximum absolute atomic E-state index is 2.35. The third kappa shape index (κ3) is 9.54. The van der Waals surface area contributed by atoms with Gasteiger partial charge in [0.25, 0.3) is 0 Å². The zero-order valence-electron chi connectivity index (χ0n) is 35.9. The summed E-state index contributed by atoms with van der Waals surface area (Å²) in [6.07, 6.45) is 4.40. The summed E-state index contributed by atoms with van der Waals surface area (Å²) in [5.74, 6) is 0. The number of hydrogen-bond acceptors (Lipinski definition) is 2. The first kappa shape index (κ1) is 40.3. The van der Waals surface area contributed by atoms with E-state index in [1.807, 2.05) is 0 Å². The highest BCUT2D eigenvalue weighted by atomic mass is 15.1. The molecule has 0 aliphatic heterocycles. The van der Waals surface area contributed by atoms with Gasteiger partial charge in [-0.05, 0) is 128 Å². The second kappa shape index (κ2) is 15.7. The van der Waals surface area contributed by atoms with E-state index in [0.29, 0.717) is 0 Å². The Balaban J connectivity index is 1.26. The van der Waals surface area contributed by atoms with Gasteiger partial charge < -0.3 is 9.80 Å². The first-order chi connectivity index (χ1) is 26.3. The molecule has 0 aliphatic rings. The van der Waals surface area contributed by atoms with E-state index in [0.717, 1.165) is 45.3 Å². The Morgan fingerprint density at radius 2 is 0.411 bits per heavy atom. The molecule has 0 saturated heterocycles. The fourth-order valence-electron chi connectivity index (χ4n) is 7.00. The van der Waals surface area contributed by atoms with Crippen LogP contribution in [0.2, 0.25) is 0 Å². The van der Waals surface area contributed by atoms with E-state index in [-0.39, 0.29) is 21.7 Å². The molecule has 2 nitrogen and oxygen atoms in total. The predicted octanol–water partition coefficient (Wildman–Crippen LogP) is 16.0. The molecule has 0 fully saturated rings. The first-order valence-corrected chi connectivity index (χ1v) is 20.2. The van der Waals surface area contributed by atoms with Gasteiger partial charge in [0.1, 0.15) is 0 Å². The Labute approximate surface area is 338 Å². The van der Waals surface area contributed by atoms with E-state index in [1.165, 1.54) is 22.3 Å². The summed E-state index contributed by atoms with van der Waals surface area (Å²) in [6, 6.07) is 53.9. The van der Waals surface area contributed by atoms with Crippen LogP contribution in [0.3, 0.4) is 0 Å². The minimum Gasteiger partial charge on any atom is -0.311 e. The van der Waals surface area contributed by atoms with Gasteiger partial charge in [-0.25, -0.2) is 0 Å². The Morgan fingerprint density at radius 3 is 0.571 bits per heavy atom. The SMILES string of the molecule is CC(C)(C)c1ccc(N(c2ccc(/C=C/c3ccc(N(c4ccc(C(C)(C)C)cc4)c4ccc(C(C)(C)C)cc4)cc3)cc2)c2ccc(C(C)(C)C)cc2)cc1. The number of rotatable bonds is 8. The minimum absolute atomic E-state index is 0.0993. The smallest absolute Gasteiger partial charge is 0.0462 e. The molecule has 0 unspecified atom stereocenters. The maximum Gasteiger partial charge on any atom is 0.0462 e. The van der Waals surface area contributed by atoms with Gasteiger partial charge in [-0.3, -0.25) is 0 Å². The zero-order valence-corrected chi connectivity index (χ0v) is 35.9. The quantitative estimate of drug-likeness (QED) is 0.143. The van der Waals surface area contributed by atoms with Crippen molar-refractivity contribution in [2.45, 2.75) is 105 Å². The van der Waals surface area contributed by atoms with Crippen molar-refractivity contribution in [1.82, 2.24) is 0 Å². The molecular formula is C54H62N2. The van der Waals surface area contributed by atoms with Crippen molar-refractivity contribution in [3.63, 3.8) is 0 Å². The van der Waals surface area contributed by atoms with Gasteiger partial charge in [-0.2, -0.15) is 0 Å². The van der Waals surface area contributed by atoms with Gasteiger partial charge in [0.05, 0.1) is 0 Å². The second-order valence-corrected chi connectivity index (χ2v) is 19.4. The van der Waals surface area contributed by atoms with Crippen molar-refractivity contribution >= 4 is 46.3 Å². The molecule has 0 bridgehead atoms. The van der Waals surface area contributed by atoms with Crippen LogP contribution >= 0.6 is 0 Å². The van der Waals surface area contributed by atoms with Crippen LogP contribution in [0.5, 0.6) is 0 Å². The van der Waals surface area contributed by atoms with Crippen molar-refractivity contribution in [1.29, 1.82) is 0 Å². The zero-order chi connectivity index (χ0) is 40.5. The summed E-state index contributed by atoms with van der Waals surface area (Å²) >= 11 is 0. The molecular weight excluding hydrogens is 677 g/mol. The summed E-state index contributed by atoms with van der Waals surface area (Å²) in [7, 11) is 0. The van der Waals surface area contributed by atoms with Crippen molar-refractivity contribution in [2.24, 2.45) is 0 Å². The molecule has 6 aromatic rings. The molecule has 2 heteroatoms. The van der Waals surface area contributed by atoms with Crippen LogP contribution < -0.4 is 9.80 Å². The molecule has 0 aliphatic carbocycles. The lowest BCUT2D eigenvalue weighted by Crippen LogP contribution is -2.14. The lowest BCUT2D eigenvalue weighted by Gasteiger charge is -2.28. The molecule has 0 heterocycles. The number of nitrogens with zero attached hydrogens (tertiary/aromatic N) is 2.